The van der Waals surface area contributed by atoms with Crippen LogP contribution in [0.15, 0.2) is 53.0 Å². The number of rotatable bonds is 3. The topological polar surface area (TPSA) is 29.1 Å². The van der Waals surface area contributed by atoms with Crippen molar-refractivity contribution in [2.24, 2.45) is 0 Å². The summed E-state index contributed by atoms with van der Waals surface area (Å²) in [5.41, 5.74) is 2.32. The molecule has 0 heterocycles. The molecule has 0 aromatic heterocycles. The zero-order valence-electron chi connectivity index (χ0n) is 10.9. The molecule has 3 rings (SSSR count). The van der Waals surface area contributed by atoms with E-state index in [9.17, 15) is 4.79 Å². The number of carbonyl (C=O) groups is 1. The van der Waals surface area contributed by atoms with Crippen LogP contribution in [0.1, 0.15) is 28.3 Å². The Bertz CT molecular complexity index is 702. The highest BCUT2D eigenvalue weighted by atomic mass is 79.9. The zero-order valence-corrected chi connectivity index (χ0v) is 14.0. The van der Waals surface area contributed by atoms with Crippen LogP contribution in [0.25, 0.3) is 0 Å². The highest BCUT2D eigenvalue weighted by Gasteiger charge is 2.53. The summed E-state index contributed by atoms with van der Waals surface area (Å²) in [6.45, 7) is 0. The van der Waals surface area contributed by atoms with E-state index in [0.29, 0.717) is 12.0 Å². The molecule has 1 unspecified atom stereocenters. The van der Waals surface area contributed by atoms with E-state index >= 15 is 0 Å². The van der Waals surface area contributed by atoms with Crippen molar-refractivity contribution in [2.45, 2.75) is 16.7 Å². The number of nitrogens with one attached hydrogen (secondary N) is 1. The molecule has 2 aromatic carbocycles. The molecule has 0 spiro atoms. The molecule has 1 aliphatic rings. The summed E-state index contributed by atoms with van der Waals surface area (Å²) >= 11 is 15.7. The quantitative estimate of drug-likeness (QED) is 0.708. The first kappa shape index (κ1) is 14.9. The Labute approximate surface area is 141 Å². The highest BCUT2D eigenvalue weighted by molar-refractivity contribution is 9.10. The number of benzene rings is 2. The lowest BCUT2D eigenvalue weighted by atomic mass is 10.1. The number of para-hydroxylation sites is 1. The lowest BCUT2D eigenvalue weighted by Crippen LogP contribution is -2.14. The van der Waals surface area contributed by atoms with Crippen LogP contribution in [0.5, 0.6) is 0 Å². The van der Waals surface area contributed by atoms with Crippen LogP contribution < -0.4 is 5.32 Å². The molecular formula is C16H12BrCl2NO. The van der Waals surface area contributed by atoms with Crippen LogP contribution in [0.3, 0.4) is 0 Å². The van der Waals surface area contributed by atoms with E-state index in [1.54, 1.807) is 6.07 Å². The van der Waals surface area contributed by atoms with Crippen molar-refractivity contribution in [2.75, 3.05) is 5.32 Å². The second kappa shape index (κ2) is 5.64. The number of halogens is 3. The van der Waals surface area contributed by atoms with Crippen LogP contribution in [0, 0.1) is 0 Å². The Hall–Kier alpha value is -1.03. The van der Waals surface area contributed by atoms with E-state index in [4.69, 9.17) is 23.2 Å². The molecule has 2 aromatic rings. The number of hydrogen-bond donors (Lipinski definition) is 1. The van der Waals surface area contributed by atoms with Gasteiger partial charge in [0.2, 0.25) is 0 Å². The normalized spacial score (nSPS) is 19.1. The Morgan fingerprint density at radius 1 is 1.14 bits per heavy atom. The van der Waals surface area contributed by atoms with Gasteiger partial charge in [-0.2, -0.15) is 0 Å². The summed E-state index contributed by atoms with van der Waals surface area (Å²) in [5, 5.41) is 2.94. The molecule has 0 bridgehead atoms. The zero-order chi connectivity index (χ0) is 15.0. The lowest BCUT2D eigenvalue weighted by molar-refractivity contribution is 0.102. The molecule has 1 saturated carbocycles. The second-order valence-electron chi connectivity index (χ2n) is 5.04. The predicted octanol–water partition coefficient (Wildman–Crippen LogP) is 5.36. The van der Waals surface area contributed by atoms with Crippen molar-refractivity contribution in [3.63, 3.8) is 0 Å². The lowest BCUT2D eigenvalue weighted by Gasteiger charge is -2.12. The molecule has 0 saturated heterocycles. The van der Waals surface area contributed by atoms with Gasteiger partial charge in [-0.05, 0) is 46.1 Å². The Morgan fingerprint density at radius 3 is 2.43 bits per heavy atom. The Balaban J connectivity index is 1.86. The van der Waals surface area contributed by atoms with E-state index in [2.05, 4.69) is 21.2 Å². The van der Waals surface area contributed by atoms with Crippen molar-refractivity contribution in [1.82, 2.24) is 0 Å². The third kappa shape index (κ3) is 3.10. The summed E-state index contributed by atoms with van der Waals surface area (Å²) in [7, 11) is 0. The third-order valence-corrected chi connectivity index (χ3v) is 5.06. The average Bonchev–Trinajstić information content (AvgIpc) is 3.08. The Morgan fingerprint density at radius 2 is 1.76 bits per heavy atom. The summed E-state index contributed by atoms with van der Waals surface area (Å²) in [6.07, 6.45) is 0.706. The van der Waals surface area contributed by atoms with Crippen LogP contribution in [0.2, 0.25) is 0 Å². The molecule has 1 amide bonds. The van der Waals surface area contributed by atoms with Gasteiger partial charge in [0.25, 0.3) is 5.91 Å². The monoisotopic (exact) mass is 383 g/mol. The molecule has 0 aliphatic heterocycles. The number of anilines is 1. The number of hydrogen-bond acceptors (Lipinski definition) is 1. The first-order chi connectivity index (χ1) is 9.99. The molecule has 2 nitrogen and oxygen atoms in total. The summed E-state index contributed by atoms with van der Waals surface area (Å²) in [5.74, 6) is -0.0955. The maximum Gasteiger partial charge on any atom is 0.256 e. The van der Waals surface area contributed by atoms with Crippen LogP contribution in [-0.2, 0) is 0 Å². The highest BCUT2D eigenvalue weighted by Crippen LogP contribution is 2.60. The maximum absolute atomic E-state index is 12.4. The van der Waals surface area contributed by atoms with Crippen LogP contribution in [-0.4, -0.2) is 10.2 Å². The van der Waals surface area contributed by atoms with Gasteiger partial charge in [-0.15, -0.1) is 23.2 Å². The first-order valence-electron chi connectivity index (χ1n) is 6.51. The SMILES string of the molecule is O=C(Nc1ccccc1C1CC1(Cl)Cl)c1ccccc1Br. The van der Waals surface area contributed by atoms with Crippen molar-refractivity contribution < 1.29 is 4.79 Å². The molecule has 1 atom stereocenters. The fourth-order valence-corrected chi connectivity index (χ4v) is 3.31. The van der Waals surface area contributed by atoms with Gasteiger partial charge in [-0.3, -0.25) is 4.79 Å². The fraction of sp³-hybridized carbons (Fsp3) is 0.188. The van der Waals surface area contributed by atoms with E-state index in [-0.39, 0.29) is 11.8 Å². The van der Waals surface area contributed by atoms with Crippen molar-refractivity contribution in [3.05, 3.63) is 64.1 Å². The number of amides is 1. The molecule has 21 heavy (non-hydrogen) atoms. The molecule has 108 valence electrons. The minimum atomic E-state index is -0.714. The summed E-state index contributed by atoms with van der Waals surface area (Å²) < 4.78 is 0.0455. The average molecular weight is 385 g/mol. The van der Waals surface area contributed by atoms with Gasteiger partial charge in [0.1, 0.15) is 4.33 Å². The Kier molecular flexibility index (Phi) is 4.00. The van der Waals surface area contributed by atoms with Gasteiger partial charge in [-0.1, -0.05) is 30.3 Å². The van der Waals surface area contributed by atoms with E-state index in [0.717, 1.165) is 15.7 Å². The summed E-state index contributed by atoms with van der Waals surface area (Å²) in [4.78, 5) is 12.4. The molecule has 5 heteroatoms. The minimum Gasteiger partial charge on any atom is -0.322 e. The molecular weight excluding hydrogens is 373 g/mol. The first-order valence-corrected chi connectivity index (χ1v) is 8.06. The third-order valence-electron chi connectivity index (χ3n) is 3.53. The smallest absolute Gasteiger partial charge is 0.256 e. The van der Waals surface area contributed by atoms with Gasteiger partial charge in [0, 0.05) is 16.1 Å². The van der Waals surface area contributed by atoms with E-state index in [1.165, 1.54) is 0 Å². The second-order valence-corrected chi connectivity index (χ2v) is 7.44. The number of carbonyl (C=O) groups excluding carboxylic acids is 1. The predicted molar refractivity (Wildman–Crippen MR) is 90.3 cm³/mol. The van der Waals surface area contributed by atoms with E-state index < -0.39 is 4.33 Å². The van der Waals surface area contributed by atoms with E-state index in [1.807, 2.05) is 42.5 Å². The maximum atomic E-state index is 12.4. The minimum absolute atomic E-state index is 0.0662. The van der Waals surface area contributed by atoms with Gasteiger partial charge < -0.3 is 5.32 Å². The molecule has 1 N–H and O–H groups in total. The van der Waals surface area contributed by atoms with Crippen molar-refractivity contribution >= 4 is 50.7 Å². The molecule has 1 aliphatic carbocycles. The number of alkyl halides is 2. The fourth-order valence-electron chi connectivity index (χ4n) is 2.30. The van der Waals surface area contributed by atoms with Gasteiger partial charge in [0.05, 0.1) is 5.56 Å². The molecule has 0 radical (unpaired) electrons. The van der Waals surface area contributed by atoms with Crippen LogP contribution in [0.4, 0.5) is 5.69 Å². The van der Waals surface area contributed by atoms with Crippen molar-refractivity contribution in [1.29, 1.82) is 0 Å². The summed E-state index contributed by atoms with van der Waals surface area (Å²) in [6, 6.07) is 14.9. The van der Waals surface area contributed by atoms with Crippen LogP contribution >= 0.6 is 39.1 Å². The molecule has 1 fully saturated rings. The van der Waals surface area contributed by atoms with Gasteiger partial charge >= 0.3 is 0 Å². The largest absolute Gasteiger partial charge is 0.322 e. The van der Waals surface area contributed by atoms with Crippen molar-refractivity contribution in [3.8, 4) is 0 Å². The van der Waals surface area contributed by atoms with Gasteiger partial charge in [-0.25, -0.2) is 0 Å². The van der Waals surface area contributed by atoms with Gasteiger partial charge in [0.15, 0.2) is 0 Å². The standard InChI is InChI=1S/C16H12BrCl2NO/c17-13-7-3-1-6-11(13)15(21)20-14-8-4-2-5-10(14)12-9-16(12,18)19/h1-8,12H,9H2,(H,20,21).